The van der Waals surface area contributed by atoms with Crippen LogP contribution in [0.15, 0.2) is 78.9 Å². The lowest BCUT2D eigenvalue weighted by Gasteiger charge is -2.26. The van der Waals surface area contributed by atoms with Crippen LogP contribution in [0.1, 0.15) is 16.5 Å². The molecule has 0 N–H and O–H groups in total. The van der Waals surface area contributed by atoms with Gasteiger partial charge in [-0.3, -0.25) is 9.69 Å². The van der Waals surface area contributed by atoms with Crippen molar-refractivity contribution in [1.82, 2.24) is 0 Å². The molecule has 1 aliphatic rings. The van der Waals surface area contributed by atoms with Crippen molar-refractivity contribution in [3.8, 4) is 11.5 Å². The van der Waals surface area contributed by atoms with E-state index in [1.54, 1.807) is 11.8 Å². The van der Waals surface area contributed by atoms with Crippen molar-refractivity contribution < 1.29 is 9.53 Å². The Labute approximate surface area is 157 Å². The fourth-order valence-corrected chi connectivity index (χ4v) is 4.26. The van der Waals surface area contributed by atoms with E-state index in [1.807, 2.05) is 90.7 Å². The number of anilines is 1. The molecule has 1 saturated heterocycles. The van der Waals surface area contributed by atoms with Crippen LogP contribution in [0.25, 0.3) is 0 Å². The summed E-state index contributed by atoms with van der Waals surface area (Å²) in [5.74, 6) is 2.25. The quantitative estimate of drug-likeness (QED) is 0.609. The van der Waals surface area contributed by atoms with Crippen LogP contribution in [-0.4, -0.2) is 11.7 Å². The average Bonchev–Trinajstić information content (AvgIpc) is 3.05. The lowest BCUT2D eigenvalue weighted by atomic mass is 10.1. The minimum absolute atomic E-state index is 0.00521. The third kappa shape index (κ3) is 3.33. The van der Waals surface area contributed by atoms with Gasteiger partial charge in [-0.25, -0.2) is 0 Å². The molecule has 0 saturated carbocycles. The van der Waals surface area contributed by atoms with Crippen LogP contribution in [0.4, 0.5) is 5.69 Å². The van der Waals surface area contributed by atoms with Crippen LogP contribution >= 0.6 is 11.8 Å². The Bertz CT molecular complexity index is 909. The number of thioether (sulfide) groups is 1. The van der Waals surface area contributed by atoms with Crippen molar-refractivity contribution in [3.63, 3.8) is 0 Å². The third-order valence-corrected chi connectivity index (χ3v) is 5.60. The summed E-state index contributed by atoms with van der Waals surface area (Å²) >= 11 is 1.66. The van der Waals surface area contributed by atoms with Crippen molar-refractivity contribution >= 4 is 23.4 Å². The maximum atomic E-state index is 12.5. The predicted octanol–water partition coefficient (Wildman–Crippen LogP) is 5.57. The fourth-order valence-electron chi connectivity index (χ4n) is 3.09. The molecule has 1 heterocycles. The number of hydrogen-bond acceptors (Lipinski definition) is 3. The van der Waals surface area contributed by atoms with Gasteiger partial charge in [0.15, 0.2) is 0 Å². The summed E-state index contributed by atoms with van der Waals surface area (Å²) in [6.45, 7) is 2.04. The zero-order chi connectivity index (χ0) is 17.9. The number of aryl methyl sites for hydroxylation is 1. The van der Waals surface area contributed by atoms with Gasteiger partial charge in [0.1, 0.15) is 16.9 Å². The van der Waals surface area contributed by atoms with E-state index in [1.165, 1.54) is 0 Å². The van der Waals surface area contributed by atoms with Gasteiger partial charge in [-0.1, -0.05) is 48.5 Å². The van der Waals surface area contributed by atoms with Crippen LogP contribution < -0.4 is 9.64 Å². The SMILES string of the molecule is Cc1ccccc1N1C(=O)CSC1c1ccc(Oc2ccccc2)cc1. The van der Waals surface area contributed by atoms with E-state index in [9.17, 15) is 4.79 Å². The predicted molar refractivity (Wildman–Crippen MR) is 107 cm³/mol. The highest BCUT2D eigenvalue weighted by Crippen LogP contribution is 2.43. The van der Waals surface area contributed by atoms with E-state index >= 15 is 0 Å². The molecule has 1 unspecified atom stereocenters. The van der Waals surface area contributed by atoms with E-state index in [-0.39, 0.29) is 11.3 Å². The van der Waals surface area contributed by atoms with E-state index < -0.39 is 0 Å². The monoisotopic (exact) mass is 361 g/mol. The smallest absolute Gasteiger partial charge is 0.238 e. The van der Waals surface area contributed by atoms with E-state index in [0.717, 1.165) is 28.3 Å². The normalized spacial score (nSPS) is 16.7. The number of nitrogens with zero attached hydrogens (tertiary/aromatic N) is 1. The van der Waals surface area contributed by atoms with Crippen LogP contribution in [0.2, 0.25) is 0 Å². The number of ether oxygens (including phenoxy) is 1. The highest BCUT2D eigenvalue weighted by molar-refractivity contribution is 8.00. The van der Waals surface area contributed by atoms with Gasteiger partial charge in [0.25, 0.3) is 0 Å². The molecular formula is C22H19NO2S. The van der Waals surface area contributed by atoms with Gasteiger partial charge in [-0.2, -0.15) is 0 Å². The molecule has 4 heteroatoms. The lowest BCUT2D eigenvalue weighted by Crippen LogP contribution is -2.28. The van der Waals surface area contributed by atoms with E-state index in [0.29, 0.717) is 5.75 Å². The molecule has 1 amide bonds. The molecule has 0 bridgehead atoms. The highest BCUT2D eigenvalue weighted by atomic mass is 32.2. The van der Waals surface area contributed by atoms with Crippen LogP contribution in [-0.2, 0) is 4.79 Å². The third-order valence-electron chi connectivity index (χ3n) is 4.39. The Balaban J connectivity index is 1.58. The summed E-state index contributed by atoms with van der Waals surface area (Å²) in [6.07, 6.45) is 0. The molecule has 130 valence electrons. The largest absolute Gasteiger partial charge is 0.457 e. The molecule has 1 fully saturated rings. The van der Waals surface area contributed by atoms with Gasteiger partial charge in [0.05, 0.1) is 5.75 Å². The molecule has 0 aromatic heterocycles. The number of para-hydroxylation sites is 2. The van der Waals surface area contributed by atoms with E-state index in [2.05, 4.69) is 0 Å². The highest BCUT2D eigenvalue weighted by Gasteiger charge is 2.34. The molecule has 0 spiro atoms. The number of amides is 1. The standard InChI is InChI=1S/C22H19NO2S/c1-16-7-5-6-10-20(16)23-21(24)15-26-22(23)17-11-13-19(14-12-17)25-18-8-3-2-4-9-18/h2-14,22H,15H2,1H3. The zero-order valence-electron chi connectivity index (χ0n) is 14.5. The number of carbonyl (C=O) groups is 1. The molecule has 0 aliphatic carbocycles. The second-order valence-electron chi connectivity index (χ2n) is 6.20. The molecule has 1 atom stereocenters. The summed E-state index contributed by atoms with van der Waals surface area (Å²) in [7, 11) is 0. The fraction of sp³-hybridized carbons (Fsp3) is 0.136. The summed E-state index contributed by atoms with van der Waals surface area (Å²) in [4.78, 5) is 14.4. The first kappa shape index (κ1) is 16.7. The Morgan fingerprint density at radius 3 is 2.27 bits per heavy atom. The van der Waals surface area contributed by atoms with Gasteiger partial charge in [0.2, 0.25) is 5.91 Å². The minimum Gasteiger partial charge on any atom is -0.457 e. The van der Waals surface area contributed by atoms with Gasteiger partial charge in [-0.05, 0) is 48.4 Å². The second-order valence-corrected chi connectivity index (χ2v) is 7.27. The summed E-state index contributed by atoms with van der Waals surface area (Å²) in [5, 5.41) is -0.00521. The van der Waals surface area contributed by atoms with Gasteiger partial charge >= 0.3 is 0 Å². The topological polar surface area (TPSA) is 29.5 Å². The van der Waals surface area contributed by atoms with Gasteiger partial charge < -0.3 is 4.74 Å². The Morgan fingerprint density at radius 1 is 0.885 bits per heavy atom. The van der Waals surface area contributed by atoms with Gasteiger partial charge in [-0.15, -0.1) is 11.8 Å². The van der Waals surface area contributed by atoms with Crippen molar-refractivity contribution in [1.29, 1.82) is 0 Å². The van der Waals surface area contributed by atoms with Crippen molar-refractivity contribution in [2.75, 3.05) is 10.7 Å². The molecule has 3 nitrogen and oxygen atoms in total. The van der Waals surface area contributed by atoms with Crippen LogP contribution in [0.5, 0.6) is 11.5 Å². The first-order valence-electron chi connectivity index (χ1n) is 8.54. The first-order chi connectivity index (χ1) is 12.7. The molecule has 26 heavy (non-hydrogen) atoms. The van der Waals surface area contributed by atoms with Crippen molar-refractivity contribution in [2.45, 2.75) is 12.3 Å². The Hall–Kier alpha value is -2.72. The number of hydrogen-bond donors (Lipinski definition) is 0. The maximum absolute atomic E-state index is 12.5. The second kappa shape index (κ2) is 7.26. The minimum atomic E-state index is -0.00521. The molecule has 3 aromatic carbocycles. The van der Waals surface area contributed by atoms with Crippen LogP contribution in [0, 0.1) is 6.92 Å². The zero-order valence-corrected chi connectivity index (χ0v) is 15.3. The summed E-state index contributed by atoms with van der Waals surface area (Å²) in [6, 6.07) is 25.8. The number of carbonyl (C=O) groups excluding carboxylic acids is 1. The van der Waals surface area contributed by atoms with Crippen molar-refractivity contribution in [3.05, 3.63) is 90.0 Å². The Morgan fingerprint density at radius 2 is 1.54 bits per heavy atom. The number of rotatable bonds is 4. The van der Waals surface area contributed by atoms with E-state index in [4.69, 9.17) is 4.74 Å². The molecule has 3 aromatic rings. The molecule has 4 rings (SSSR count). The molecule has 1 aliphatic heterocycles. The lowest BCUT2D eigenvalue weighted by molar-refractivity contribution is -0.115. The first-order valence-corrected chi connectivity index (χ1v) is 9.59. The van der Waals surface area contributed by atoms with Gasteiger partial charge in [0, 0.05) is 5.69 Å². The summed E-state index contributed by atoms with van der Waals surface area (Å²) in [5.41, 5.74) is 3.19. The van der Waals surface area contributed by atoms with Crippen molar-refractivity contribution in [2.24, 2.45) is 0 Å². The van der Waals surface area contributed by atoms with Crippen LogP contribution in [0.3, 0.4) is 0 Å². The summed E-state index contributed by atoms with van der Waals surface area (Å²) < 4.78 is 5.86. The molecule has 0 radical (unpaired) electrons. The molecular weight excluding hydrogens is 342 g/mol. The Kier molecular flexibility index (Phi) is 4.67. The average molecular weight is 361 g/mol. The maximum Gasteiger partial charge on any atom is 0.238 e. The number of benzene rings is 3.